The molecule has 3 fully saturated rings. The number of hydrogen-bond acceptors (Lipinski definition) is 6. The number of halogens is 1. The Morgan fingerprint density at radius 3 is 2.69 bits per heavy atom. The minimum absolute atomic E-state index is 0.0187. The zero-order valence-corrected chi connectivity index (χ0v) is 18.9. The molecule has 3 aliphatic rings. The van der Waals surface area contributed by atoms with E-state index in [1.807, 2.05) is 29.2 Å². The molecule has 0 radical (unpaired) electrons. The van der Waals surface area contributed by atoms with Crippen molar-refractivity contribution in [1.29, 1.82) is 0 Å². The summed E-state index contributed by atoms with van der Waals surface area (Å²) in [5, 5.41) is 0. The van der Waals surface area contributed by atoms with Gasteiger partial charge in [0.05, 0.1) is 12.7 Å². The molecular weight excluding hydrogens is 407 g/mol. The van der Waals surface area contributed by atoms with E-state index in [4.69, 9.17) is 4.74 Å². The largest absolute Gasteiger partial charge is 0.489 e. The van der Waals surface area contributed by atoms with Crippen LogP contribution in [0.1, 0.15) is 57.4 Å². The van der Waals surface area contributed by atoms with Gasteiger partial charge < -0.3 is 19.3 Å². The lowest BCUT2D eigenvalue weighted by Crippen LogP contribution is -2.28. The molecule has 2 atom stereocenters. The Hall–Kier alpha value is -2.70. The van der Waals surface area contributed by atoms with Crippen molar-refractivity contribution in [2.45, 2.75) is 58.0 Å². The number of carbonyl (C=O) groups is 1. The van der Waals surface area contributed by atoms with E-state index in [1.165, 1.54) is 25.5 Å². The molecule has 2 aliphatic heterocycles. The van der Waals surface area contributed by atoms with Crippen LogP contribution in [0.4, 0.5) is 16.2 Å². The monoisotopic (exact) mass is 438 g/mol. The van der Waals surface area contributed by atoms with Crippen molar-refractivity contribution >= 4 is 17.5 Å². The molecule has 2 aromatic rings. The van der Waals surface area contributed by atoms with Crippen molar-refractivity contribution in [3.8, 4) is 5.75 Å². The molecule has 0 amide bonds. The molecule has 2 saturated heterocycles. The predicted molar refractivity (Wildman–Crippen MR) is 122 cm³/mol. The maximum absolute atomic E-state index is 14.6. The van der Waals surface area contributed by atoms with Crippen LogP contribution in [0.3, 0.4) is 0 Å². The van der Waals surface area contributed by atoms with Crippen molar-refractivity contribution in [1.82, 2.24) is 9.97 Å². The Morgan fingerprint density at radius 1 is 1.22 bits per heavy atom. The average molecular weight is 439 g/mol. The molecule has 0 unspecified atom stereocenters. The summed E-state index contributed by atoms with van der Waals surface area (Å²) in [5.74, 6) is 1.84. The number of carbonyl (C=O) groups excluding carboxylic acids is 1. The zero-order chi connectivity index (χ0) is 22.3. The lowest BCUT2D eigenvalue weighted by Gasteiger charge is -2.22. The van der Waals surface area contributed by atoms with Gasteiger partial charge in [-0.25, -0.2) is 9.37 Å². The standard InChI is InChI=1S/C25H31FN4O2/c1-17(13-18(2)31)19-3-5-20(6-4-19)32-21-7-11-29(15-21)23-22(26)14-27-24(28-23)30-12-10-25(16-30)8-9-25/h3-6,14,17,21H,7-13,15-16H2,1-2H3/t17-,21-/m1/s1. The molecule has 0 N–H and O–H groups in total. The summed E-state index contributed by atoms with van der Waals surface area (Å²) in [6, 6.07) is 7.96. The van der Waals surface area contributed by atoms with Gasteiger partial charge in [0, 0.05) is 32.5 Å². The molecule has 1 aromatic heterocycles. The van der Waals surface area contributed by atoms with Crippen molar-refractivity contribution in [3.05, 3.63) is 41.8 Å². The zero-order valence-electron chi connectivity index (χ0n) is 18.9. The molecule has 170 valence electrons. The number of anilines is 2. The molecule has 32 heavy (non-hydrogen) atoms. The van der Waals surface area contributed by atoms with Crippen LogP contribution in [0.25, 0.3) is 0 Å². The molecule has 7 heteroatoms. The van der Waals surface area contributed by atoms with Crippen LogP contribution in [-0.2, 0) is 4.79 Å². The molecule has 1 aliphatic carbocycles. The lowest BCUT2D eigenvalue weighted by atomic mass is 9.96. The third kappa shape index (κ3) is 4.43. The first-order chi connectivity index (χ1) is 15.4. The molecule has 6 nitrogen and oxygen atoms in total. The molecule has 3 heterocycles. The average Bonchev–Trinajstić information content (AvgIpc) is 3.16. The first-order valence-corrected chi connectivity index (χ1v) is 11.7. The van der Waals surface area contributed by atoms with Gasteiger partial charge >= 0.3 is 0 Å². The van der Waals surface area contributed by atoms with Gasteiger partial charge in [-0.15, -0.1) is 0 Å². The van der Waals surface area contributed by atoms with E-state index in [0.29, 0.717) is 36.7 Å². The Kier molecular flexibility index (Phi) is 5.51. The van der Waals surface area contributed by atoms with Crippen LogP contribution in [0.5, 0.6) is 5.75 Å². The number of benzene rings is 1. The number of Topliss-reactive ketones (excluding diaryl/α,β-unsaturated/α-hetero) is 1. The van der Waals surface area contributed by atoms with E-state index in [2.05, 4.69) is 21.8 Å². The number of rotatable bonds is 7. The maximum Gasteiger partial charge on any atom is 0.227 e. The van der Waals surface area contributed by atoms with Gasteiger partial charge in [-0.3, -0.25) is 0 Å². The van der Waals surface area contributed by atoms with Gasteiger partial charge in [0.1, 0.15) is 17.6 Å². The number of ketones is 1. The first-order valence-electron chi connectivity index (χ1n) is 11.7. The number of hydrogen-bond donors (Lipinski definition) is 0. The van der Waals surface area contributed by atoms with E-state index in [1.54, 1.807) is 6.92 Å². The molecule has 1 spiro atoms. The van der Waals surface area contributed by atoms with Gasteiger partial charge in [0.15, 0.2) is 11.6 Å². The SMILES string of the molecule is CC(=O)C[C@@H](C)c1ccc(O[C@@H]2CCN(c3nc(N4CCC5(CC5)C4)ncc3F)C2)cc1. The number of aromatic nitrogens is 2. The van der Waals surface area contributed by atoms with Crippen molar-refractivity contribution < 1.29 is 13.9 Å². The van der Waals surface area contributed by atoms with E-state index in [-0.39, 0.29) is 23.6 Å². The lowest BCUT2D eigenvalue weighted by molar-refractivity contribution is -0.117. The van der Waals surface area contributed by atoms with Crippen LogP contribution in [0.15, 0.2) is 30.5 Å². The summed E-state index contributed by atoms with van der Waals surface area (Å²) in [7, 11) is 0. The Bertz CT molecular complexity index is 992. The van der Waals surface area contributed by atoms with Gasteiger partial charge in [0.2, 0.25) is 5.95 Å². The van der Waals surface area contributed by atoms with Crippen LogP contribution < -0.4 is 14.5 Å². The fraction of sp³-hybridized carbons (Fsp3) is 0.560. The van der Waals surface area contributed by atoms with Gasteiger partial charge in [-0.2, -0.15) is 4.98 Å². The van der Waals surface area contributed by atoms with Crippen molar-refractivity contribution in [2.24, 2.45) is 5.41 Å². The highest BCUT2D eigenvalue weighted by Crippen LogP contribution is 2.53. The summed E-state index contributed by atoms with van der Waals surface area (Å²) in [5.41, 5.74) is 1.61. The summed E-state index contributed by atoms with van der Waals surface area (Å²) in [6.07, 6.45) is 6.42. The molecule has 0 bridgehead atoms. The fourth-order valence-corrected chi connectivity index (χ4v) is 5.05. The van der Waals surface area contributed by atoms with Crippen LogP contribution in [0, 0.1) is 11.2 Å². The molecule has 5 rings (SSSR count). The quantitative estimate of drug-likeness (QED) is 0.641. The summed E-state index contributed by atoms with van der Waals surface area (Å²) < 4.78 is 20.8. The summed E-state index contributed by atoms with van der Waals surface area (Å²) >= 11 is 0. The van der Waals surface area contributed by atoms with E-state index in [0.717, 1.165) is 30.8 Å². The Labute approximate surface area is 188 Å². The second kappa shape index (κ2) is 8.34. The fourth-order valence-electron chi connectivity index (χ4n) is 5.05. The van der Waals surface area contributed by atoms with E-state index < -0.39 is 0 Å². The van der Waals surface area contributed by atoms with Crippen molar-refractivity contribution in [2.75, 3.05) is 36.0 Å². The normalized spacial score (nSPS) is 22.4. The minimum atomic E-state index is -0.376. The highest BCUT2D eigenvalue weighted by molar-refractivity contribution is 5.76. The maximum atomic E-state index is 14.6. The highest BCUT2D eigenvalue weighted by atomic mass is 19.1. The van der Waals surface area contributed by atoms with Gasteiger partial charge in [-0.05, 0) is 55.2 Å². The third-order valence-corrected chi connectivity index (χ3v) is 7.18. The van der Waals surface area contributed by atoms with Gasteiger partial charge in [-0.1, -0.05) is 19.1 Å². The smallest absolute Gasteiger partial charge is 0.227 e. The van der Waals surface area contributed by atoms with Crippen LogP contribution in [-0.4, -0.2) is 48.0 Å². The number of nitrogens with zero attached hydrogens (tertiary/aromatic N) is 4. The van der Waals surface area contributed by atoms with Crippen LogP contribution >= 0.6 is 0 Å². The first kappa shape index (κ1) is 21.2. The Balaban J connectivity index is 1.21. The van der Waals surface area contributed by atoms with E-state index >= 15 is 0 Å². The molecule has 1 saturated carbocycles. The summed E-state index contributed by atoms with van der Waals surface area (Å²) in [6.45, 7) is 6.93. The van der Waals surface area contributed by atoms with Crippen LogP contribution in [0.2, 0.25) is 0 Å². The second-order valence-corrected chi connectivity index (χ2v) is 9.86. The number of ether oxygens (including phenoxy) is 1. The minimum Gasteiger partial charge on any atom is -0.489 e. The predicted octanol–water partition coefficient (Wildman–Crippen LogP) is 4.35. The second-order valence-electron chi connectivity index (χ2n) is 9.86. The summed E-state index contributed by atoms with van der Waals surface area (Å²) in [4.78, 5) is 24.4. The highest BCUT2D eigenvalue weighted by Gasteiger charge is 2.48. The van der Waals surface area contributed by atoms with Crippen molar-refractivity contribution in [3.63, 3.8) is 0 Å². The topological polar surface area (TPSA) is 58.6 Å². The third-order valence-electron chi connectivity index (χ3n) is 7.18. The molecular formula is C25H31FN4O2. The Morgan fingerprint density at radius 2 is 2.00 bits per heavy atom. The molecule has 1 aromatic carbocycles. The van der Waals surface area contributed by atoms with E-state index in [9.17, 15) is 9.18 Å². The van der Waals surface area contributed by atoms with Gasteiger partial charge in [0.25, 0.3) is 0 Å².